The van der Waals surface area contributed by atoms with Gasteiger partial charge in [-0.25, -0.2) is 0 Å². The lowest BCUT2D eigenvalue weighted by molar-refractivity contribution is 0.102. The second-order valence-corrected chi connectivity index (χ2v) is 4.81. The van der Waals surface area contributed by atoms with Crippen LogP contribution in [0.4, 0.5) is 5.69 Å². The number of aryl methyl sites for hydroxylation is 3. The molecule has 4 nitrogen and oxygen atoms in total. The summed E-state index contributed by atoms with van der Waals surface area (Å²) >= 11 is 0. The number of carbonyl (C=O) groups is 1. The molecule has 1 aromatic heterocycles. The third-order valence-electron chi connectivity index (χ3n) is 3.21. The van der Waals surface area contributed by atoms with Crippen LogP contribution >= 0.6 is 0 Å². The zero-order valence-electron chi connectivity index (χ0n) is 11.9. The van der Waals surface area contributed by atoms with Gasteiger partial charge in [-0.05, 0) is 38.5 Å². The second kappa shape index (κ2) is 5.74. The van der Waals surface area contributed by atoms with Gasteiger partial charge in [-0.1, -0.05) is 17.7 Å². The summed E-state index contributed by atoms with van der Waals surface area (Å²) in [5.41, 5.74) is 3.25. The Labute approximate surface area is 118 Å². The number of aromatic nitrogens is 1. The Kier molecular flexibility index (Phi) is 4.03. The average molecular weight is 270 g/mol. The van der Waals surface area contributed by atoms with Gasteiger partial charge in [0, 0.05) is 24.4 Å². The topological polar surface area (TPSA) is 51.1 Å². The molecule has 1 heterocycles. The van der Waals surface area contributed by atoms with E-state index in [0.29, 0.717) is 17.8 Å². The molecule has 2 rings (SSSR count). The van der Waals surface area contributed by atoms with E-state index in [2.05, 4.69) is 5.32 Å². The Hall–Kier alpha value is -2.36. The van der Waals surface area contributed by atoms with Crippen LogP contribution < -0.4 is 10.9 Å². The molecule has 0 aliphatic rings. The fraction of sp³-hybridized carbons (Fsp3) is 0.250. The van der Waals surface area contributed by atoms with Gasteiger partial charge < -0.3 is 9.88 Å². The first-order valence-corrected chi connectivity index (χ1v) is 6.60. The van der Waals surface area contributed by atoms with Gasteiger partial charge in [0.05, 0.1) is 5.69 Å². The lowest BCUT2D eigenvalue weighted by Crippen LogP contribution is -2.20. The molecular weight excluding hydrogens is 252 g/mol. The minimum atomic E-state index is -0.163. The normalized spacial score (nSPS) is 10.3. The molecule has 4 heteroatoms. The number of benzene rings is 1. The minimum absolute atomic E-state index is 0.0722. The average Bonchev–Trinajstić information content (AvgIpc) is 2.40. The highest BCUT2D eigenvalue weighted by Crippen LogP contribution is 2.13. The van der Waals surface area contributed by atoms with Crippen molar-refractivity contribution in [1.29, 1.82) is 0 Å². The van der Waals surface area contributed by atoms with Gasteiger partial charge in [-0.2, -0.15) is 0 Å². The van der Waals surface area contributed by atoms with Crippen LogP contribution in [0.25, 0.3) is 0 Å². The molecule has 0 atom stereocenters. The fourth-order valence-corrected chi connectivity index (χ4v) is 2.12. The molecule has 0 spiro atoms. The molecule has 20 heavy (non-hydrogen) atoms. The number of nitrogens with zero attached hydrogens (tertiary/aromatic N) is 1. The molecule has 2 aromatic rings. The first kappa shape index (κ1) is 14.1. The van der Waals surface area contributed by atoms with Crippen molar-refractivity contribution >= 4 is 11.6 Å². The van der Waals surface area contributed by atoms with Gasteiger partial charge in [0.15, 0.2) is 0 Å². The van der Waals surface area contributed by atoms with Crippen molar-refractivity contribution in [2.75, 3.05) is 5.32 Å². The number of hydrogen-bond acceptors (Lipinski definition) is 2. The summed E-state index contributed by atoms with van der Waals surface area (Å²) in [5.74, 6) is -0.163. The molecule has 0 saturated carbocycles. The van der Waals surface area contributed by atoms with Gasteiger partial charge in [-0.3, -0.25) is 9.59 Å². The maximum atomic E-state index is 12.2. The molecular formula is C16H18N2O2. The van der Waals surface area contributed by atoms with E-state index in [-0.39, 0.29) is 11.5 Å². The van der Waals surface area contributed by atoms with E-state index in [0.717, 1.165) is 11.1 Å². The standard InChI is InChI=1S/C16H18N2O2/c1-4-18-10-13(6-8-15(18)19)17-16(20)14-7-5-11(2)9-12(14)3/h5-10H,4H2,1-3H3,(H,17,20). The first-order valence-electron chi connectivity index (χ1n) is 6.60. The molecule has 0 bridgehead atoms. The van der Waals surface area contributed by atoms with Crippen molar-refractivity contribution in [2.24, 2.45) is 0 Å². The van der Waals surface area contributed by atoms with E-state index in [1.165, 1.54) is 6.07 Å². The summed E-state index contributed by atoms with van der Waals surface area (Å²) < 4.78 is 1.55. The molecule has 1 N–H and O–H groups in total. The van der Waals surface area contributed by atoms with Gasteiger partial charge in [0.25, 0.3) is 11.5 Å². The monoisotopic (exact) mass is 270 g/mol. The van der Waals surface area contributed by atoms with Gasteiger partial charge in [0.2, 0.25) is 0 Å². The third kappa shape index (κ3) is 2.96. The third-order valence-corrected chi connectivity index (χ3v) is 3.21. The van der Waals surface area contributed by atoms with Gasteiger partial charge in [-0.15, -0.1) is 0 Å². The van der Waals surface area contributed by atoms with Gasteiger partial charge >= 0.3 is 0 Å². The zero-order valence-corrected chi connectivity index (χ0v) is 11.9. The molecule has 1 amide bonds. The molecule has 104 valence electrons. The van der Waals surface area contributed by atoms with E-state index in [4.69, 9.17) is 0 Å². The number of anilines is 1. The number of rotatable bonds is 3. The number of hydrogen-bond donors (Lipinski definition) is 1. The summed E-state index contributed by atoms with van der Waals surface area (Å²) in [7, 11) is 0. The van der Waals surface area contributed by atoms with E-state index < -0.39 is 0 Å². The van der Waals surface area contributed by atoms with Crippen molar-refractivity contribution in [3.63, 3.8) is 0 Å². The van der Waals surface area contributed by atoms with E-state index in [1.54, 1.807) is 16.8 Å². The molecule has 0 saturated heterocycles. The zero-order chi connectivity index (χ0) is 14.7. The number of pyridine rings is 1. The SMILES string of the molecule is CCn1cc(NC(=O)c2ccc(C)cc2C)ccc1=O. The quantitative estimate of drug-likeness (QED) is 0.932. The largest absolute Gasteiger partial charge is 0.321 e. The smallest absolute Gasteiger partial charge is 0.255 e. The van der Waals surface area contributed by atoms with Crippen molar-refractivity contribution < 1.29 is 4.79 Å². The fourth-order valence-electron chi connectivity index (χ4n) is 2.12. The lowest BCUT2D eigenvalue weighted by Gasteiger charge is -2.10. The highest BCUT2D eigenvalue weighted by molar-refractivity contribution is 6.05. The number of nitrogens with one attached hydrogen (secondary N) is 1. The van der Waals surface area contributed by atoms with Crippen LogP contribution in [0.5, 0.6) is 0 Å². The summed E-state index contributed by atoms with van der Waals surface area (Å²) in [4.78, 5) is 23.7. The Morgan fingerprint density at radius 2 is 1.95 bits per heavy atom. The molecule has 0 aliphatic carbocycles. The summed E-state index contributed by atoms with van der Waals surface area (Å²) in [6, 6.07) is 8.78. The summed E-state index contributed by atoms with van der Waals surface area (Å²) in [5, 5.41) is 2.82. The van der Waals surface area contributed by atoms with Crippen molar-refractivity contribution in [2.45, 2.75) is 27.3 Å². The van der Waals surface area contributed by atoms with Gasteiger partial charge in [0.1, 0.15) is 0 Å². The van der Waals surface area contributed by atoms with Crippen LogP contribution in [0.2, 0.25) is 0 Å². The van der Waals surface area contributed by atoms with Crippen LogP contribution in [0.3, 0.4) is 0 Å². The van der Waals surface area contributed by atoms with Crippen LogP contribution in [-0.2, 0) is 6.54 Å². The second-order valence-electron chi connectivity index (χ2n) is 4.81. The molecule has 0 unspecified atom stereocenters. The molecule has 0 radical (unpaired) electrons. The van der Waals surface area contributed by atoms with Crippen LogP contribution in [0.1, 0.15) is 28.4 Å². The maximum Gasteiger partial charge on any atom is 0.255 e. The summed E-state index contributed by atoms with van der Waals surface area (Å²) in [6.07, 6.45) is 1.66. The molecule has 1 aromatic carbocycles. The minimum Gasteiger partial charge on any atom is -0.321 e. The lowest BCUT2D eigenvalue weighted by atomic mass is 10.1. The predicted molar refractivity (Wildman–Crippen MR) is 80.2 cm³/mol. The highest BCUT2D eigenvalue weighted by atomic mass is 16.1. The Balaban J connectivity index is 2.25. The molecule has 0 fully saturated rings. The van der Waals surface area contributed by atoms with E-state index in [9.17, 15) is 9.59 Å². The Bertz CT molecular complexity index is 702. The summed E-state index contributed by atoms with van der Waals surface area (Å²) in [6.45, 7) is 6.37. The van der Waals surface area contributed by atoms with Crippen LogP contribution in [0.15, 0.2) is 41.3 Å². The van der Waals surface area contributed by atoms with Crippen LogP contribution in [-0.4, -0.2) is 10.5 Å². The predicted octanol–water partition coefficient (Wildman–Crippen LogP) is 2.74. The number of carbonyl (C=O) groups excluding carboxylic acids is 1. The highest BCUT2D eigenvalue weighted by Gasteiger charge is 2.09. The van der Waals surface area contributed by atoms with Crippen LogP contribution in [0, 0.1) is 13.8 Å². The maximum absolute atomic E-state index is 12.2. The Morgan fingerprint density at radius 3 is 2.60 bits per heavy atom. The van der Waals surface area contributed by atoms with Crippen molar-refractivity contribution in [3.05, 3.63) is 63.6 Å². The van der Waals surface area contributed by atoms with Crippen molar-refractivity contribution in [3.8, 4) is 0 Å². The van der Waals surface area contributed by atoms with E-state index >= 15 is 0 Å². The Morgan fingerprint density at radius 1 is 1.20 bits per heavy atom. The number of amides is 1. The molecule has 0 aliphatic heterocycles. The van der Waals surface area contributed by atoms with E-state index in [1.807, 2.05) is 39.0 Å². The first-order chi connectivity index (χ1) is 9.51. The van der Waals surface area contributed by atoms with Crippen molar-refractivity contribution in [1.82, 2.24) is 4.57 Å².